The largest absolute Gasteiger partial charge is 0.396 e. The predicted molar refractivity (Wildman–Crippen MR) is 102 cm³/mol. The number of aliphatic hydroxyl groups is 1. The highest BCUT2D eigenvalue weighted by Crippen LogP contribution is 2.12. The highest BCUT2D eigenvalue weighted by Gasteiger charge is 2.02. The summed E-state index contributed by atoms with van der Waals surface area (Å²) in [4.78, 5) is 0. The Morgan fingerprint density at radius 1 is 0.583 bits per heavy atom. The normalized spacial score (nSPS) is 12.2. The third kappa shape index (κ3) is 21.6. The van der Waals surface area contributed by atoms with Crippen LogP contribution in [-0.2, 0) is 10.1 Å². The molecule has 0 aromatic carbocycles. The van der Waals surface area contributed by atoms with Crippen molar-refractivity contribution >= 4 is 10.1 Å². The van der Waals surface area contributed by atoms with Crippen LogP contribution in [0.25, 0.3) is 0 Å². The molecule has 0 saturated heterocycles. The van der Waals surface area contributed by atoms with Gasteiger partial charge in [-0.05, 0) is 38.5 Å². The maximum absolute atomic E-state index is 10.5. The van der Waals surface area contributed by atoms with Gasteiger partial charge in [-0.3, -0.25) is 4.55 Å². The molecule has 0 rings (SSSR count). The third-order valence-corrected chi connectivity index (χ3v) is 5.02. The fraction of sp³-hybridized carbons (Fsp3) is 0.895. The van der Waals surface area contributed by atoms with Crippen molar-refractivity contribution in [1.82, 2.24) is 0 Å². The van der Waals surface area contributed by atoms with E-state index >= 15 is 0 Å². The van der Waals surface area contributed by atoms with E-state index in [2.05, 4.69) is 12.2 Å². The molecule has 0 saturated carbocycles. The van der Waals surface area contributed by atoms with Gasteiger partial charge in [-0.25, -0.2) is 0 Å². The average molecular weight is 363 g/mol. The van der Waals surface area contributed by atoms with Crippen molar-refractivity contribution in [2.45, 2.75) is 96.3 Å². The van der Waals surface area contributed by atoms with Crippen LogP contribution in [0.5, 0.6) is 0 Å². The van der Waals surface area contributed by atoms with E-state index in [1.54, 1.807) is 0 Å². The Hall–Kier alpha value is -0.390. The van der Waals surface area contributed by atoms with Gasteiger partial charge < -0.3 is 5.11 Å². The minimum atomic E-state index is -3.76. The Morgan fingerprint density at radius 2 is 0.958 bits per heavy atom. The molecule has 0 aromatic rings. The Bertz CT molecular complexity index is 377. The highest BCUT2D eigenvalue weighted by atomic mass is 32.2. The molecule has 0 spiro atoms. The molecule has 144 valence electrons. The molecule has 0 bridgehead atoms. The zero-order valence-corrected chi connectivity index (χ0v) is 16.1. The molecule has 4 nitrogen and oxygen atoms in total. The van der Waals surface area contributed by atoms with Gasteiger partial charge in [0.05, 0.1) is 5.75 Å². The molecule has 0 fully saturated rings. The Balaban J connectivity index is 3.11. The SMILES string of the molecule is O=S(=O)(O)CCCCCCCCCCCCC=CCCCCCO. The zero-order valence-electron chi connectivity index (χ0n) is 15.3. The summed E-state index contributed by atoms with van der Waals surface area (Å²) in [6.07, 6.45) is 21.6. The molecule has 2 N–H and O–H groups in total. The average Bonchev–Trinajstić information content (AvgIpc) is 2.52. The third-order valence-electron chi connectivity index (χ3n) is 4.22. The summed E-state index contributed by atoms with van der Waals surface area (Å²) in [5.74, 6) is -0.0931. The van der Waals surface area contributed by atoms with Gasteiger partial charge in [0.1, 0.15) is 0 Å². The predicted octanol–water partition coefficient (Wildman–Crippen LogP) is 5.27. The van der Waals surface area contributed by atoms with Crippen molar-refractivity contribution in [3.8, 4) is 0 Å². The van der Waals surface area contributed by atoms with Crippen LogP contribution in [0.4, 0.5) is 0 Å². The van der Waals surface area contributed by atoms with Gasteiger partial charge in [-0.2, -0.15) is 8.42 Å². The number of aliphatic hydroxyl groups excluding tert-OH is 1. The van der Waals surface area contributed by atoms with Crippen LogP contribution < -0.4 is 0 Å². The van der Waals surface area contributed by atoms with Crippen molar-refractivity contribution in [3.05, 3.63) is 12.2 Å². The molecule has 0 aliphatic heterocycles. The lowest BCUT2D eigenvalue weighted by molar-refractivity contribution is 0.283. The lowest BCUT2D eigenvalue weighted by Gasteiger charge is -2.02. The van der Waals surface area contributed by atoms with Crippen LogP contribution in [0.2, 0.25) is 0 Å². The number of hydrogen-bond acceptors (Lipinski definition) is 3. The fourth-order valence-electron chi connectivity index (χ4n) is 2.75. The van der Waals surface area contributed by atoms with Gasteiger partial charge in [0, 0.05) is 6.61 Å². The minimum absolute atomic E-state index is 0.0931. The molecule has 5 heteroatoms. The van der Waals surface area contributed by atoms with E-state index < -0.39 is 10.1 Å². The van der Waals surface area contributed by atoms with Gasteiger partial charge in [0.2, 0.25) is 0 Å². The molecule has 0 radical (unpaired) electrons. The van der Waals surface area contributed by atoms with E-state index in [0.717, 1.165) is 32.1 Å². The standard InChI is InChI=1S/C19H38O4S/c20-18-16-14-12-10-8-6-4-2-1-3-5-7-9-11-13-15-17-19-24(21,22)23/h6,8,20H,1-5,7,9-19H2,(H,21,22,23). The van der Waals surface area contributed by atoms with E-state index in [1.807, 2.05) is 0 Å². The van der Waals surface area contributed by atoms with Crippen LogP contribution in [0.15, 0.2) is 12.2 Å². The Morgan fingerprint density at radius 3 is 1.38 bits per heavy atom. The molecule has 24 heavy (non-hydrogen) atoms. The first kappa shape index (κ1) is 23.6. The summed E-state index contributed by atoms with van der Waals surface area (Å²) in [7, 11) is -3.76. The second kappa shape index (κ2) is 17.4. The summed E-state index contributed by atoms with van der Waals surface area (Å²) in [6, 6.07) is 0. The van der Waals surface area contributed by atoms with Crippen molar-refractivity contribution in [1.29, 1.82) is 0 Å². The summed E-state index contributed by atoms with van der Waals surface area (Å²) in [6.45, 7) is 0.317. The smallest absolute Gasteiger partial charge is 0.264 e. The van der Waals surface area contributed by atoms with E-state index in [0.29, 0.717) is 13.0 Å². The van der Waals surface area contributed by atoms with Gasteiger partial charge in [0.25, 0.3) is 10.1 Å². The Kier molecular flexibility index (Phi) is 17.2. The van der Waals surface area contributed by atoms with Crippen LogP contribution in [0.3, 0.4) is 0 Å². The molecule has 0 amide bonds. The molecular weight excluding hydrogens is 324 g/mol. The molecule has 0 heterocycles. The van der Waals surface area contributed by atoms with Crippen molar-refractivity contribution < 1.29 is 18.1 Å². The number of hydrogen-bond donors (Lipinski definition) is 2. The lowest BCUT2D eigenvalue weighted by atomic mass is 10.1. The van der Waals surface area contributed by atoms with Crippen molar-refractivity contribution in [2.75, 3.05) is 12.4 Å². The van der Waals surface area contributed by atoms with Gasteiger partial charge >= 0.3 is 0 Å². The summed E-state index contributed by atoms with van der Waals surface area (Å²) in [5.41, 5.74) is 0. The molecule has 0 aromatic heterocycles. The van der Waals surface area contributed by atoms with Gasteiger partial charge in [-0.1, -0.05) is 69.9 Å². The summed E-state index contributed by atoms with van der Waals surface area (Å²) >= 11 is 0. The first-order valence-electron chi connectivity index (χ1n) is 9.77. The van der Waals surface area contributed by atoms with Crippen LogP contribution >= 0.6 is 0 Å². The van der Waals surface area contributed by atoms with Gasteiger partial charge in [-0.15, -0.1) is 0 Å². The van der Waals surface area contributed by atoms with E-state index in [1.165, 1.54) is 57.8 Å². The maximum atomic E-state index is 10.5. The first-order chi connectivity index (χ1) is 11.6. The quantitative estimate of drug-likeness (QED) is 0.198. The number of rotatable bonds is 18. The highest BCUT2D eigenvalue weighted by molar-refractivity contribution is 7.85. The van der Waals surface area contributed by atoms with Crippen LogP contribution in [0, 0.1) is 0 Å². The first-order valence-corrected chi connectivity index (χ1v) is 11.4. The van der Waals surface area contributed by atoms with Crippen molar-refractivity contribution in [2.24, 2.45) is 0 Å². The van der Waals surface area contributed by atoms with E-state index in [4.69, 9.17) is 9.66 Å². The summed E-state index contributed by atoms with van der Waals surface area (Å²) < 4.78 is 29.7. The molecular formula is C19H38O4S. The maximum Gasteiger partial charge on any atom is 0.264 e. The second-order valence-electron chi connectivity index (χ2n) is 6.65. The van der Waals surface area contributed by atoms with Crippen molar-refractivity contribution in [3.63, 3.8) is 0 Å². The molecule has 0 aliphatic rings. The van der Waals surface area contributed by atoms with E-state index in [9.17, 15) is 8.42 Å². The monoisotopic (exact) mass is 362 g/mol. The molecule has 0 unspecified atom stereocenters. The zero-order chi connectivity index (χ0) is 17.9. The summed E-state index contributed by atoms with van der Waals surface area (Å²) in [5, 5.41) is 8.67. The van der Waals surface area contributed by atoms with Crippen LogP contribution in [-0.4, -0.2) is 30.4 Å². The second-order valence-corrected chi connectivity index (χ2v) is 8.23. The Labute approximate surface area is 149 Å². The lowest BCUT2D eigenvalue weighted by Crippen LogP contribution is -2.03. The fourth-order valence-corrected chi connectivity index (χ4v) is 3.32. The molecule has 0 aliphatic carbocycles. The number of allylic oxidation sites excluding steroid dienone is 2. The van der Waals surface area contributed by atoms with Crippen LogP contribution in [0.1, 0.15) is 96.3 Å². The minimum Gasteiger partial charge on any atom is -0.396 e. The number of unbranched alkanes of at least 4 members (excludes halogenated alkanes) is 13. The topological polar surface area (TPSA) is 74.6 Å². The van der Waals surface area contributed by atoms with Gasteiger partial charge in [0.15, 0.2) is 0 Å². The van der Waals surface area contributed by atoms with E-state index in [-0.39, 0.29) is 5.75 Å². The molecule has 0 atom stereocenters.